The highest BCUT2D eigenvalue weighted by molar-refractivity contribution is 9.10. The molecule has 0 spiro atoms. The number of aryl methyl sites for hydroxylation is 1. The molecule has 1 N–H and O–H groups in total. The van der Waals surface area contributed by atoms with Gasteiger partial charge >= 0.3 is 0 Å². The topological polar surface area (TPSA) is 37.4 Å². The minimum atomic E-state index is 0.352. The molecule has 0 saturated carbocycles. The van der Waals surface area contributed by atoms with Gasteiger partial charge in [-0.1, -0.05) is 6.92 Å². The summed E-state index contributed by atoms with van der Waals surface area (Å²) in [5, 5.41) is 3.38. The number of hydrogen-bond acceptors (Lipinski definition) is 4. The molecule has 1 atom stereocenters. The van der Waals surface area contributed by atoms with Crippen LogP contribution in [0.1, 0.15) is 12.5 Å². The van der Waals surface area contributed by atoms with Crippen molar-refractivity contribution >= 4 is 21.7 Å². The molecule has 1 aromatic rings. The molecular weight excluding hydrogens is 294 g/mol. The van der Waals surface area contributed by atoms with Crippen LogP contribution in [0.4, 0.5) is 5.82 Å². The van der Waals surface area contributed by atoms with E-state index in [2.05, 4.69) is 51.0 Å². The van der Waals surface area contributed by atoms with Crippen LogP contribution in [0.25, 0.3) is 0 Å². The van der Waals surface area contributed by atoms with Crippen molar-refractivity contribution in [3.8, 4) is 0 Å². The van der Waals surface area contributed by atoms with Gasteiger partial charge in [0.1, 0.15) is 5.82 Å². The molecule has 0 amide bonds. The van der Waals surface area contributed by atoms with E-state index in [4.69, 9.17) is 4.74 Å². The second-order valence-corrected chi connectivity index (χ2v) is 5.40. The SMILES string of the molecule is CCNCC1COCCN1c1ncc(C)cc1Br. The van der Waals surface area contributed by atoms with Crippen molar-refractivity contribution in [3.05, 3.63) is 22.3 Å². The summed E-state index contributed by atoms with van der Waals surface area (Å²) in [5.41, 5.74) is 1.17. The summed E-state index contributed by atoms with van der Waals surface area (Å²) in [7, 11) is 0. The Morgan fingerprint density at radius 1 is 1.61 bits per heavy atom. The van der Waals surface area contributed by atoms with E-state index in [1.165, 1.54) is 5.56 Å². The van der Waals surface area contributed by atoms with Crippen molar-refractivity contribution in [1.29, 1.82) is 0 Å². The first-order valence-corrected chi connectivity index (χ1v) is 7.19. The molecule has 100 valence electrons. The molecule has 1 aliphatic rings. The van der Waals surface area contributed by atoms with Gasteiger partial charge in [-0.05, 0) is 41.0 Å². The van der Waals surface area contributed by atoms with E-state index in [1.807, 2.05) is 6.20 Å². The van der Waals surface area contributed by atoms with Crippen LogP contribution in [-0.2, 0) is 4.74 Å². The number of nitrogens with one attached hydrogen (secondary N) is 1. The average molecular weight is 314 g/mol. The maximum Gasteiger partial charge on any atom is 0.143 e. The molecule has 2 rings (SSSR count). The van der Waals surface area contributed by atoms with Crippen LogP contribution in [0, 0.1) is 6.92 Å². The fourth-order valence-electron chi connectivity index (χ4n) is 2.15. The highest BCUT2D eigenvalue weighted by atomic mass is 79.9. The molecule has 0 radical (unpaired) electrons. The Balaban J connectivity index is 2.16. The lowest BCUT2D eigenvalue weighted by Gasteiger charge is -2.37. The zero-order chi connectivity index (χ0) is 13.0. The van der Waals surface area contributed by atoms with Crippen molar-refractivity contribution in [2.45, 2.75) is 19.9 Å². The zero-order valence-electron chi connectivity index (χ0n) is 10.9. The maximum atomic E-state index is 5.57. The van der Waals surface area contributed by atoms with Crippen LogP contribution < -0.4 is 10.2 Å². The number of morpholine rings is 1. The number of hydrogen-bond donors (Lipinski definition) is 1. The van der Waals surface area contributed by atoms with Gasteiger partial charge in [-0.25, -0.2) is 4.98 Å². The third-order valence-electron chi connectivity index (χ3n) is 3.09. The Morgan fingerprint density at radius 2 is 2.44 bits per heavy atom. The molecule has 18 heavy (non-hydrogen) atoms. The molecule has 2 heterocycles. The number of likely N-dealkylation sites (N-methyl/N-ethyl adjacent to an activating group) is 1. The summed E-state index contributed by atoms with van der Waals surface area (Å²) >= 11 is 3.61. The Bertz CT molecular complexity index is 400. The second-order valence-electron chi connectivity index (χ2n) is 4.55. The van der Waals surface area contributed by atoms with Crippen molar-refractivity contribution < 1.29 is 4.74 Å². The monoisotopic (exact) mass is 313 g/mol. The minimum absolute atomic E-state index is 0.352. The van der Waals surface area contributed by atoms with Crippen LogP contribution in [0.5, 0.6) is 0 Å². The third kappa shape index (κ3) is 3.22. The summed E-state index contributed by atoms with van der Waals surface area (Å²) in [4.78, 5) is 6.88. The van der Waals surface area contributed by atoms with Crippen LogP contribution in [0.2, 0.25) is 0 Å². The van der Waals surface area contributed by atoms with Gasteiger partial charge in [0.15, 0.2) is 0 Å². The summed E-state index contributed by atoms with van der Waals surface area (Å²) in [6.45, 7) is 8.50. The number of ether oxygens (including phenoxy) is 1. The first-order chi connectivity index (χ1) is 8.72. The Labute approximate surface area is 117 Å². The number of nitrogens with zero attached hydrogens (tertiary/aromatic N) is 2. The molecule has 1 saturated heterocycles. The first kappa shape index (κ1) is 13.8. The fourth-order valence-corrected chi connectivity index (χ4v) is 2.84. The van der Waals surface area contributed by atoms with Gasteiger partial charge in [-0.3, -0.25) is 0 Å². The van der Waals surface area contributed by atoms with E-state index in [0.29, 0.717) is 6.04 Å². The average Bonchev–Trinajstić information content (AvgIpc) is 2.37. The highest BCUT2D eigenvalue weighted by Gasteiger charge is 2.25. The fraction of sp³-hybridized carbons (Fsp3) is 0.615. The van der Waals surface area contributed by atoms with Crippen LogP contribution in [-0.4, -0.2) is 43.9 Å². The number of aromatic nitrogens is 1. The molecule has 0 bridgehead atoms. The van der Waals surface area contributed by atoms with E-state index in [-0.39, 0.29) is 0 Å². The maximum absolute atomic E-state index is 5.57. The van der Waals surface area contributed by atoms with Gasteiger partial charge < -0.3 is 15.0 Å². The predicted octanol–water partition coefficient (Wildman–Crippen LogP) is 1.97. The van der Waals surface area contributed by atoms with Crippen molar-refractivity contribution in [1.82, 2.24) is 10.3 Å². The van der Waals surface area contributed by atoms with Gasteiger partial charge in [-0.2, -0.15) is 0 Å². The van der Waals surface area contributed by atoms with Crippen LogP contribution >= 0.6 is 15.9 Å². The van der Waals surface area contributed by atoms with E-state index < -0.39 is 0 Å². The van der Waals surface area contributed by atoms with Crippen molar-refractivity contribution in [2.75, 3.05) is 37.7 Å². The van der Waals surface area contributed by atoms with Crippen LogP contribution in [0.15, 0.2) is 16.7 Å². The van der Waals surface area contributed by atoms with E-state index in [0.717, 1.165) is 43.1 Å². The summed E-state index contributed by atoms with van der Waals surface area (Å²) in [6.07, 6.45) is 1.92. The standard InChI is InChI=1S/C13H20BrN3O/c1-3-15-8-11-9-18-5-4-17(11)13-12(14)6-10(2)7-16-13/h6-7,11,15H,3-5,8-9H2,1-2H3. The molecule has 1 fully saturated rings. The van der Waals surface area contributed by atoms with E-state index >= 15 is 0 Å². The second kappa shape index (κ2) is 6.50. The Kier molecular flexibility index (Phi) is 4.97. The van der Waals surface area contributed by atoms with Gasteiger partial charge in [0.2, 0.25) is 0 Å². The highest BCUT2D eigenvalue weighted by Crippen LogP contribution is 2.27. The summed E-state index contributed by atoms with van der Waals surface area (Å²) < 4.78 is 6.63. The van der Waals surface area contributed by atoms with Gasteiger partial charge in [0.25, 0.3) is 0 Å². The lowest BCUT2D eigenvalue weighted by Crippen LogP contribution is -2.51. The largest absolute Gasteiger partial charge is 0.377 e. The summed E-state index contributed by atoms with van der Waals surface area (Å²) in [5.74, 6) is 1.02. The first-order valence-electron chi connectivity index (χ1n) is 6.39. The van der Waals surface area contributed by atoms with Gasteiger partial charge in [0, 0.05) is 19.3 Å². The molecule has 0 aromatic carbocycles. The van der Waals surface area contributed by atoms with Crippen LogP contribution in [0.3, 0.4) is 0 Å². The number of anilines is 1. The molecule has 1 unspecified atom stereocenters. The van der Waals surface area contributed by atoms with E-state index in [1.54, 1.807) is 0 Å². The van der Waals surface area contributed by atoms with Crippen molar-refractivity contribution in [3.63, 3.8) is 0 Å². The Morgan fingerprint density at radius 3 is 3.17 bits per heavy atom. The molecule has 0 aliphatic carbocycles. The van der Waals surface area contributed by atoms with Crippen molar-refractivity contribution in [2.24, 2.45) is 0 Å². The molecule has 1 aromatic heterocycles. The van der Waals surface area contributed by atoms with Gasteiger partial charge in [0.05, 0.1) is 23.7 Å². The number of halogens is 1. The molecule has 4 nitrogen and oxygen atoms in total. The smallest absolute Gasteiger partial charge is 0.143 e. The Hall–Kier alpha value is -0.650. The normalized spacial score (nSPS) is 20.2. The van der Waals surface area contributed by atoms with Gasteiger partial charge in [-0.15, -0.1) is 0 Å². The zero-order valence-corrected chi connectivity index (χ0v) is 12.5. The number of rotatable bonds is 4. The predicted molar refractivity (Wildman–Crippen MR) is 77.2 cm³/mol. The molecule has 1 aliphatic heterocycles. The molecule has 5 heteroatoms. The third-order valence-corrected chi connectivity index (χ3v) is 3.67. The quantitative estimate of drug-likeness (QED) is 0.922. The lowest BCUT2D eigenvalue weighted by molar-refractivity contribution is 0.0934. The molecular formula is C13H20BrN3O. The summed E-state index contributed by atoms with van der Waals surface area (Å²) in [6, 6.07) is 2.47. The minimum Gasteiger partial charge on any atom is -0.377 e. The number of pyridine rings is 1. The lowest BCUT2D eigenvalue weighted by atomic mass is 10.2. The van der Waals surface area contributed by atoms with E-state index in [9.17, 15) is 0 Å².